The summed E-state index contributed by atoms with van der Waals surface area (Å²) in [6, 6.07) is 7.35. The van der Waals surface area contributed by atoms with Crippen LogP contribution in [0.2, 0.25) is 0 Å². The standard InChI is InChI=1S/C13H8F6O2/c14-12(15,16)10(20)9(11(21)13(17,18)19)7-6-8-4-2-1-3-5-8/h1-7,9H. The third-order valence-electron chi connectivity index (χ3n) is 2.40. The van der Waals surface area contributed by atoms with E-state index in [1.54, 1.807) is 6.07 Å². The summed E-state index contributed by atoms with van der Waals surface area (Å²) in [7, 11) is 0. The number of carbonyl (C=O) groups is 2. The van der Waals surface area contributed by atoms with E-state index in [2.05, 4.69) is 0 Å². The second-order valence-electron chi connectivity index (χ2n) is 3.97. The van der Waals surface area contributed by atoms with Crippen LogP contribution in [0.4, 0.5) is 26.3 Å². The van der Waals surface area contributed by atoms with E-state index in [-0.39, 0.29) is 5.56 Å². The number of rotatable bonds is 4. The lowest BCUT2D eigenvalue weighted by Gasteiger charge is -2.14. The van der Waals surface area contributed by atoms with E-state index in [0.29, 0.717) is 6.08 Å². The average Bonchev–Trinajstić information content (AvgIpc) is 2.37. The molecule has 0 amide bonds. The lowest BCUT2D eigenvalue weighted by Crippen LogP contribution is -2.40. The van der Waals surface area contributed by atoms with Gasteiger partial charge in [0.05, 0.1) is 0 Å². The molecule has 0 heterocycles. The minimum atomic E-state index is -5.54. The highest BCUT2D eigenvalue weighted by Gasteiger charge is 2.52. The molecule has 114 valence electrons. The second-order valence-corrected chi connectivity index (χ2v) is 3.97. The molecule has 0 spiro atoms. The SMILES string of the molecule is O=C(C(C=Cc1ccccc1)C(=O)C(F)(F)F)C(F)(F)F. The molecular formula is C13H8F6O2. The van der Waals surface area contributed by atoms with Gasteiger partial charge in [-0.25, -0.2) is 0 Å². The summed E-state index contributed by atoms with van der Waals surface area (Å²) < 4.78 is 73.6. The number of allylic oxidation sites excluding steroid dienone is 1. The largest absolute Gasteiger partial charge is 0.451 e. The molecule has 0 saturated heterocycles. The highest BCUT2D eigenvalue weighted by atomic mass is 19.4. The third-order valence-corrected chi connectivity index (χ3v) is 2.40. The van der Waals surface area contributed by atoms with Crippen molar-refractivity contribution >= 4 is 17.6 Å². The van der Waals surface area contributed by atoms with Gasteiger partial charge in [0.2, 0.25) is 0 Å². The smallest absolute Gasteiger partial charge is 0.288 e. The van der Waals surface area contributed by atoms with Crippen LogP contribution >= 0.6 is 0 Å². The Bertz CT molecular complexity index is 516. The Kier molecular flexibility index (Phi) is 4.93. The quantitative estimate of drug-likeness (QED) is 0.629. The van der Waals surface area contributed by atoms with Gasteiger partial charge in [-0.05, 0) is 5.56 Å². The zero-order chi connectivity index (χ0) is 16.3. The van der Waals surface area contributed by atoms with Crippen molar-refractivity contribution in [2.24, 2.45) is 5.92 Å². The number of carbonyl (C=O) groups excluding carboxylic acids is 2. The Labute approximate surface area is 115 Å². The monoisotopic (exact) mass is 310 g/mol. The van der Waals surface area contributed by atoms with Crippen molar-refractivity contribution in [1.82, 2.24) is 0 Å². The molecule has 0 N–H and O–H groups in total. The van der Waals surface area contributed by atoms with Gasteiger partial charge in [0.15, 0.2) is 0 Å². The maximum Gasteiger partial charge on any atom is 0.451 e. The predicted molar refractivity (Wildman–Crippen MR) is 61.1 cm³/mol. The number of benzene rings is 1. The molecule has 0 aromatic heterocycles. The first-order chi connectivity index (χ1) is 9.53. The zero-order valence-corrected chi connectivity index (χ0v) is 10.2. The van der Waals surface area contributed by atoms with E-state index in [1.807, 2.05) is 0 Å². The Balaban J connectivity index is 3.12. The van der Waals surface area contributed by atoms with Gasteiger partial charge < -0.3 is 0 Å². The molecule has 0 aliphatic carbocycles. The minimum absolute atomic E-state index is 0.257. The van der Waals surface area contributed by atoms with Crippen LogP contribution in [0.5, 0.6) is 0 Å². The lowest BCUT2D eigenvalue weighted by molar-refractivity contribution is -0.187. The topological polar surface area (TPSA) is 34.1 Å². The fourth-order valence-corrected chi connectivity index (χ4v) is 1.42. The maximum absolute atomic E-state index is 12.3. The van der Waals surface area contributed by atoms with Crippen LogP contribution in [-0.2, 0) is 9.59 Å². The molecule has 0 atom stereocenters. The molecule has 0 radical (unpaired) electrons. The van der Waals surface area contributed by atoms with Gasteiger partial charge in [0, 0.05) is 0 Å². The van der Waals surface area contributed by atoms with Crippen LogP contribution < -0.4 is 0 Å². The number of hydrogen-bond donors (Lipinski definition) is 0. The van der Waals surface area contributed by atoms with E-state index in [4.69, 9.17) is 0 Å². The molecule has 0 fully saturated rings. The van der Waals surface area contributed by atoms with Crippen LogP contribution in [0.3, 0.4) is 0 Å². The number of alkyl halides is 6. The number of Topliss-reactive ketones (excluding diaryl/α,β-unsaturated/α-hetero) is 2. The van der Waals surface area contributed by atoms with Crippen molar-refractivity contribution in [3.05, 3.63) is 42.0 Å². The first kappa shape index (κ1) is 16.9. The fraction of sp³-hybridized carbons (Fsp3) is 0.231. The van der Waals surface area contributed by atoms with Crippen molar-refractivity contribution < 1.29 is 35.9 Å². The number of halogens is 6. The zero-order valence-electron chi connectivity index (χ0n) is 10.2. The van der Waals surface area contributed by atoms with Crippen molar-refractivity contribution in [2.45, 2.75) is 12.4 Å². The van der Waals surface area contributed by atoms with Crippen LogP contribution in [-0.4, -0.2) is 23.9 Å². The van der Waals surface area contributed by atoms with Gasteiger partial charge in [-0.3, -0.25) is 9.59 Å². The molecule has 1 aromatic rings. The molecule has 0 bridgehead atoms. The fourth-order valence-electron chi connectivity index (χ4n) is 1.42. The maximum atomic E-state index is 12.3. The Hall–Kier alpha value is -2.12. The summed E-state index contributed by atoms with van der Waals surface area (Å²) >= 11 is 0. The molecule has 1 rings (SSSR count). The molecule has 8 heteroatoms. The van der Waals surface area contributed by atoms with E-state index in [9.17, 15) is 35.9 Å². The van der Waals surface area contributed by atoms with Gasteiger partial charge in [-0.15, -0.1) is 0 Å². The normalized spacial score (nSPS) is 12.9. The molecular weight excluding hydrogens is 302 g/mol. The van der Waals surface area contributed by atoms with Crippen LogP contribution in [0.15, 0.2) is 36.4 Å². The third kappa shape index (κ3) is 4.73. The summed E-state index contributed by atoms with van der Waals surface area (Å²) in [5.41, 5.74) is 0.257. The summed E-state index contributed by atoms with van der Waals surface area (Å²) in [4.78, 5) is 22.0. The molecule has 0 aliphatic rings. The highest BCUT2D eigenvalue weighted by molar-refractivity contribution is 6.09. The van der Waals surface area contributed by atoms with Gasteiger partial charge >= 0.3 is 12.4 Å². The second kappa shape index (κ2) is 6.11. The first-order valence-electron chi connectivity index (χ1n) is 5.49. The first-order valence-corrected chi connectivity index (χ1v) is 5.49. The molecule has 0 unspecified atom stereocenters. The van der Waals surface area contributed by atoms with Crippen molar-refractivity contribution in [1.29, 1.82) is 0 Å². The summed E-state index contributed by atoms with van der Waals surface area (Å²) in [6.45, 7) is 0. The Morgan fingerprint density at radius 2 is 1.29 bits per heavy atom. The molecule has 0 saturated carbocycles. The van der Waals surface area contributed by atoms with Crippen molar-refractivity contribution in [2.75, 3.05) is 0 Å². The Morgan fingerprint density at radius 1 is 0.857 bits per heavy atom. The minimum Gasteiger partial charge on any atom is -0.288 e. The van der Waals surface area contributed by atoms with Crippen molar-refractivity contribution in [3.8, 4) is 0 Å². The van der Waals surface area contributed by atoms with E-state index in [1.165, 1.54) is 24.3 Å². The average molecular weight is 310 g/mol. The van der Waals surface area contributed by atoms with Gasteiger partial charge in [-0.1, -0.05) is 42.5 Å². The summed E-state index contributed by atoms with van der Waals surface area (Å²) in [5, 5.41) is 0. The molecule has 1 aromatic carbocycles. The number of ketones is 2. The van der Waals surface area contributed by atoms with Crippen LogP contribution in [0.1, 0.15) is 5.56 Å². The van der Waals surface area contributed by atoms with Crippen LogP contribution in [0, 0.1) is 5.92 Å². The molecule has 0 aliphatic heterocycles. The van der Waals surface area contributed by atoms with Gasteiger partial charge in [0.25, 0.3) is 11.6 Å². The van der Waals surface area contributed by atoms with Gasteiger partial charge in [0.1, 0.15) is 5.92 Å². The molecule has 2 nitrogen and oxygen atoms in total. The number of hydrogen-bond acceptors (Lipinski definition) is 2. The van der Waals surface area contributed by atoms with Crippen molar-refractivity contribution in [3.63, 3.8) is 0 Å². The summed E-state index contributed by atoms with van der Waals surface area (Å²) in [6.07, 6.45) is -9.90. The van der Waals surface area contributed by atoms with E-state index >= 15 is 0 Å². The lowest BCUT2D eigenvalue weighted by atomic mass is 9.96. The van der Waals surface area contributed by atoms with E-state index < -0.39 is 29.8 Å². The highest BCUT2D eigenvalue weighted by Crippen LogP contribution is 2.28. The van der Waals surface area contributed by atoms with E-state index in [0.717, 1.165) is 6.08 Å². The van der Waals surface area contributed by atoms with Crippen LogP contribution in [0.25, 0.3) is 6.08 Å². The van der Waals surface area contributed by atoms with Gasteiger partial charge in [-0.2, -0.15) is 26.3 Å². The molecule has 21 heavy (non-hydrogen) atoms. The summed E-state index contributed by atoms with van der Waals surface area (Å²) in [5.74, 6) is -8.45. The predicted octanol–water partition coefficient (Wildman–Crippen LogP) is 3.58. The Morgan fingerprint density at radius 3 is 1.67 bits per heavy atom.